The minimum absolute atomic E-state index is 0.0848. The van der Waals surface area contributed by atoms with Crippen molar-refractivity contribution in [2.24, 2.45) is 0 Å². The summed E-state index contributed by atoms with van der Waals surface area (Å²) in [6.07, 6.45) is 0.515. The normalized spacial score (nSPS) is 10.6. The zero-order chi connectivity index (χ0) is 17.6. The summed E-state index contributed by atoms with van der Waals surface area (Å²) in [6.45, 7) is 0.321. The van der Waals surface area contributed by atoms with Crippen LogP contribution in [0.4, 0.5) is 4.39 Å². The SMILES string of the molecule is COc1cccc(OCC(=O)NCCc2nc3ccc(F)cc3[nH]2)c1. The number of imidazole rings is 1. The zero-order valence-corrected chi connectivity index (χ0v) is 13.7. The van der Waals surface area contributed by atoms with E-state index in [1.165, 1.54) is 12.1 Å². The van der Waals surface area contributed by atoms with Crippen LogP contribution in [-0.2, 0) is 11.2 Å². The smallest absolute Gasteiger partial charge is 0.257 e. The third kappa shape index (κ3) is 4.47. The molecule has 0 unspecified atom stereocenters. The molecule has 3 aromatic rings. The van der Waals surface area contributed by atoms with E-state index >= 15 is 0 Å². The lowest BCUT2D eigenvalue weighted by molar-refractivity contribution is -0.123. The highest BCUT2D eigenvalue weighted by Gasteiger charge is 2.06. The molecule has 2 N–H and O–H groups in total. The summed E-state index contributed by atoms with van der Waals surface area (Å²) in [5, 5.41) is 2.76. The molecule has 1 heterocycles. The number of benzene rings is 2. The van der Waals surface area contributed by atoms with Gasteiger partial charge in [-0.15, -0.1) is 0 Å². The number of aromatic amines is 1. The van der Waals surface area contributed by atoms with Gasteiger partial charge in [-0.05, 0) is 30.3 Å². The van der Waals surface area contributed by atoms with Crippen LogP contribution in [0, 0.1) is 5.82 Å². The molecule has 25 heavy (non-hydrogen) atoms. The minimum Gasteiger partial charge on any atom is -0.497 e. The number of hydrogen-bond acceptors (Lipinski definition) is 4. The molecule has 2 aromatic carbocycles. The molecule has 7 heteroatoms. The maximum absolute atomic E-state index is 13.1. The van der Waals surface area contributed by atoms with Gasteiger partial charge >= 0.3 is 0 Å². The monoisotopic (exact) mass is 343 g/mol. The van der Waals surface area contributed by atoms with Crippen LogP contribution in [0.5, 0.6) is 11.5 Å². The summed E-state index contributed by atoms with van der Waals surface area (Å²) in [5.74, 6) is 1.37. The molecule has 0 saturated carbocycles. The summed E-state index contributed by atoms with van der Waals surface area (Å²) < 4.78 is 23.7. The van der Waals surface area contributed by atoms with Crippen LogP contribution in [0.2, 0.25) is 0 Å². The fraction of sp³-hybridized carbons (Fsp3) is 0.222. The standard InChI is InChI=1S/C18H18FN3O3/c1-24-13-3-2-4-14(10-13)25-11-18(23)20-8-7-17-21-15-6-5-12(19)9-16(15)22-17/h2-6,9-10H,7-8,11H2,1H3,(H,20,23)(H,21,22). The van der Waals surface area contributed by atoms with Gasteiger partial charge in [0.15, 0.2) is 6.61 Å². The van der Waals surface area contributed by atoms with Crippen molar-refractivity contribution in [3.05, 3.63) is 54.1 Å². The van der Waals surface area contributed by atoms with Gasteiger partial charge in [-0.25, -0.2) is 9.37 Å². The van der Waals surface area contributed by atoms with Crippen molar-refractivity contribution in [3.8, 4) is 11.5 Å². The molecule has 0 bridgehead atoms. The Bertz CT molecular complexity index is 879. The Labute approximate surface area is 144 Å². The van der Waals surface area contributed by atoms with Gasteiger partial charge in [0, 0.05) is 19.0 Å². The van der Waals surface area contributed by atoms with E-state index in [2.05, 4.69) is 15.3 Å². The van der Waals surface area contributed by atoms with Crippen molar-refractivity contribution in [3.63, 3.8) is 0 Å². The number of carbonyl (C=O) groups excluding carboxylic acids is 1. The number of ether oxygens (including phenoxy) is 2. The predicted molar refractivity (Wildman–Crippen MR) is 91.3 cm³/mol. The number of H-pyrrole nitrogens is 1. The summed E-state index contributed by atoms with van der Waals surface area (Å²) >= 11 is 0. The van der Waals surface area contributed by atoms with Crippen molar-refractivity contribution in [1.29, 1.82) is 0 Å². The van der Waals surface area contributed by atoms with Crippen molar-refractivity contribution in [2.75, 3.05) is 20.3 Å². The maximum Gasteiger partial charge on any atom is 0.257 e. The molecule has 3 rings (SSSR count). The Hall–Kier alpha value is -3.09. The van der Waals surface area contributed by atoms with E-state index in [1.807, 2.05) is 0 Å². The van der Waals surface area contributed by atoms with Crippen molar-refractivity contribution in [2.45, 2.75) is 6.42 Å². The van der Waals surface area contributed by atoms with Crippen LogP contribution in [0.25, 0.3) is 11.0 Å². The number of methoxy groups -OCH3 is 1. The van der Waals surface area contributed by atoms with Crippen LogP contribution < -0.4 is 14.8 Å². The molecule has 0 aliphatic rings. The van der Waals surface area contributed by atoms with E-state index < -0.39 is 0 Å². The zero-order valence-electron chi connectivity index (χ0n) is 13.7. The maximum atomic E-state index is 13.1. The van der Waals surface area contributed by atoms with E-state index in [4.69, 9.17) is 9.47 Å². The van der Waals surface area contributed by atoms with Gasteiger partial charge in [0.25, 0.3) is 5.91 Å². The minimum atomic E-state index is -0.314. The number of rotatable bonds is 7. The van der Waals surface area contributed by atoms with Crippen molar-refractivity contribution in [1.82, 2.24) is 15.3 Å². The number of fused-ring (bicyclic) bond motifs is 1. The van der Waals surface area contributed by atoms with Crippen LogP contribution in [-0.4, -0.2) is 36.1 Å². The van der Waals surface area contributed by atoms with E-state index in [9.17, 15) is 9.18 Å². The number of halogens is 1. The summed E-state index contributed by atoms with van der Waals surface area (Å²) in [5.41, 5.74) is 1.34. The van der Waals surface area contributed by atoms with E-state index in [-0.39, 0.29) is 18.3 Å². The molecule has 0 fully saturated rings. The van der Waals surface area contributed by atoms with Gasteiger partial charge < -0.3 is 19.8 Å². The molecule has 0 aliphatic heterocycles. The summed E-state index contributed by atoms with van der Waals surface area (Å²) in [6, 6.07) is 11.4. The lowest BCUT2D eigenvalue weighted by atomic mass is 10.3. The number of nitrogens with one attached hydrogen (secondary N) is 2. The molecule has 6 nitrogen and oxygen atoms in total. The highest BCUT2D eigenvalue weighted by Crippen LogP contribution is 2.18. The summed E-state index contributed by atoms with van der Waals surface area (Å²) in [7, 11) is 1.57. The molecule has 0 saturated heterocycles. The van der Waals surface area contributed by atoms with Gasteiger partial charge in [-0.3, -0.25) is 4.79 Å². The Balaban J connectivity index is 1.45. The number of amides is 1. The summed E-state index contributed by atoms with van der Waals surface area (Å²) in [4.78, 5) is 19.2. The second-order valence-electron chi connectivity index (χ2n) is 5.41. The predicted octanol–water partition coefficient (Wildman–Crippen LogP) is 2.45. The Morgan fingerprint density at radius 3 is 2.92 bits per heavy atom. The topological polar surface area (TPSA) is 76.2 Å². The van der Waals surface area contributed by atoms with Crippen molar-refractivity contribution < 1.29 is 18.7 Å². The Morgan fingerprint density at radius 1 is 1.24 bits per heavy atom. The molecular weight excluding hydrogens is 325 g/mol. The van der Waals surface area contributed by atoms with E-state index in [0.29, 0.717) is 41.3 Å². The van der Waals surface area contributed by atoms with Gasteiger partial charge in [0.1, 0.15) is 23.1 Å². The van der Waals surface area contributed by atoms with Gasteiger partial charge in [-0.2, -0.15) is 0 Å². The fourth-order valence-electron chi connectivity index (χ4n) is 2.36. The van der Waals surface area contributed by atoms with E-state index in [1.54, 1.807) is 37.4 Å². The molecule has 1 amide bonds. The van der Waals surface area contributed by atoms with Crippen LogP contribution >= 0.6 is 0 Å². The lowest BCUT2D eigenvalue weighted by Crippen LogP contribution is -2.30. The first-order valence-electron chi connectivity index (χ1n) is 7.82. The third-order valence-electron chi connectivity index (χ3n) is 3.59. The number of carbonyl (C=O) groups is 1. The molecule has 0 aliphatic carbocycles. The second kappa shape index (κ2) is 7.65. The van der Waals surface area contributed by atoms with E-state index in [0.717, 1.165) is 0 Å². The van der Waals surface area contributed by atoms with Crippen LogP contribution in [0.15, 0.2) is 42.5 Å². The molecule has 0 spiro atoms. The molecule has 0 atom stereocenters. The average molecular weight is 343 g/mol. The molecule has 0 radical (unpaired) electrons. The third-order valence-corrected chi connectivity index (χ3v) is 3.59. The first-order chi connectivity index (χ1) is 12.1. The molecule has 130 valence electrons. The molecular formula is C18H18FN3O3. The quantitative estimate of drug-likeness (QED) is 0.691. The number of nitrogens with zero attached hydrogens (tertiary/aromatic N) is 1. The second-order valence-corrected chi connectivity index (χ2v) is 5.41. The Morgan fingerprint density at radius 2 is 2.08 bits per heavy atom. The molecule has 1 aromatic heterocycles. The van der Waals surface area contributed by atoms with Crippen LogP contribution in [0.1, 0.15) is 5.82 Å². The van der Waals surface area contributed by atoms with Gasteiger partial charge in [0.2, 0.25) is 0 Å². The lowest BCUT2D eigenvalue weighted by Gasteiger charge is -2.08. The Kier molecular flexibility index (Phi) is 5.13. The average Bonchev–Trinajstić information content (AvgIpc) is 3.02. The first kappa shape index (κ1) is 16.8. The first-order valence-corrected chi connectivity index (χ1v) is 7.82. The highest BCUT2D eigenvalue weighted by atomic mass is 19.1. The van der Waals surface area contributed by atoms with Crippen LogP contribution in [0.3, 0.4) is 0 Å². The largest absolute Gasteiger partial charge is 0.497 e. The highest BCUT2D eigenvalue weighted by molar-refractivity contribution is 5.77. The number of aromatic nitrogens is 2. The van der Waals surface area contributed by atoms with Gasteiger partial charge in [0.05, 0.1) is 18.1 Å². The number of hydrogen-bond donors (Lipinski definition) is 2. The fourth-order valence-corrected chi connectivity index (χ4v) is 2.36. The van der Waals surface area contributed by atoms with Crippen molar-refractivity contribution >= 4 is 16.9 Å². The van der Waals surface area contributed by atoms with Gasteiger partial charge in [-0.1, -0.05) is 6.07 Å².